The van der Waals surface area contributed by atoms with Gasteiger partial charge in [0.2, 0.25) is 0 Å². The van der Waals surface area contributed by atoms with Gasteiger partial charge in [-0.15, -0.1) is 0 Å². The van der Waals surface area contributed by atoms with E-state index in [2.05, 4.69) is 12.1 Å². The maximum absolute atomic E-state index is 8.64. The molecule has 3 rings (SSSR count). The fourth-order valence-corrected chi connectivity index (χ4v) is 2.66. The Morgan fingerprint density at radius 3 is 2.82 bits per heavy atom. The van der Waals surface area contributed by atoms with Gasteiger partial charge in [-0.2, -0.15) is 0 Å². The maximum atomic E-state index is 8.64. The van der Waals surface area contributed by atoms with Gasteiger partial charge < -0.3 is 9.68 Å². The molecule has 83 valence electrons. The molecule has 0 aromatic heterocycles. The number of rotatable bonds is 2. The van der Waals surface area contributed by atoms with Crippen LogP contribution < -0.4 is 4.65 Å². The second kappa shape index (κ2) is 4.10. The van der Waals surface area contributed by atoms with Crippen molar-refractivity contribution < 1.29 is 9.68 Å². The van der Waals surface area contributed by atoms with Crippen molar-refractivity contribution in [3.05, 3.63) is 52.5 Å². The summed E-state index contributed by atoms with van der Waals surface area (Å²) in [6.45, 7) is 0. The van der Waals surface area contributed by atoms with E-state index >= 15 is 0 Å². The van der Waals surface area contributed by atoms with Crippen molar-refractivity contribution in [3.8, 4) is 16.9 Å². The van der Waals surface area contributed by atoms with Crippen LogP contribution in [0.2, 0.25) is 5.02 Å². The first-order valence-corrected chi connectivity index (χ1v) is 5.70. The zero-order valence-electron chi connectivity index (χ0n) is 8.98. The van der Waals surface area contributed by atoms with Crippen LogP contribution in [0.3, 0.4) is 0 Å². The second-order valence-corrected chi connectivity index (χ2v) is 4.40. The number of hydrogen-bond acceptors (Lipinski definition) is 2. The number of halogens is 1. The molecule has 2 nitrogen and oxygen atoms in total. The van der Waals surface area contributed by atoms with Crippen LogP contribution in [0.5, 0.6) is 5.75 Å². The summed E-state index contributed by atoms with van der Waals surface area (Å²) in [5, 5.41) is 9.30. The number of benzene rings is 2. The molecule has 0 atom stereocenters. The Balaban J connectivity index is 2.15. The zero-order chi connectivity index (χ0) is 11.8. The number of fused-ring (bicyclic) bond motifs is 3. The Labute approximate surface area is 105 Å². The lowest BCUT2D eigenvalue weighted by molar-refractivity contribution is 0.453. The standard InChI is InChI=1S/C13H9BClO2/c15-12-7-10(17-14-16)6-9-5-8-3-1-2-4-11(8)13(9)12/h1-4,6-7,16H,5H2. The van der Waals surface area contributed by atoms with Crippen molar-refractivity contribution in [2.24, 2.45) is 0 Å². The van der Waals surface area contributed by atoms with Crippen LogP contribution in [-0.2, 0) is 6.42 Å². The van der Waals surface area contributed by atoms with Crippen molar-refractivity contribution in [1.82, 2.24) is 0 Å². The fourth-order valence-electron chi connectivity index (χ4n) is 2.33. The SMILES string of the molecule is O[B]Oc1cc(Cl)c2c(c1)Cc1ccccc1-2. The minimum absolute atomic E-state index is 0.559. The van der Waals surface area contributed by atoms with Crippen LogP contribution in [0.15, 0.2) is 36.4 Å². The van der Waals surface area contributed by atoms with Gasteiger partial charge in [0.1, 0.15) is 5.75 Å². The van der Waals surface area contributed by atoms with E-state index in [-0.39, 0.29) is 0 Å². The van der Waals surface area contributed by atoms with Gasteiger partial charge in [-0.05, 0) is 35.2 Å². The Kier molecular flexibility index (Phi) is 2.58. The van der Waals surface area contributed by atoms with Gasteiger partial charge in [-0.3, -0.25) is 0 Å². The summed E-state index contributed by atoms with van der Waals surface area (Å²) < 4.78 is 4.96. The molecule has 1 aliphatic carbocycles. The summed E-state index contributed by atoms with van der Waals surface area (Å²) in [5.74, 6) is 0.559. The van der Waals surface area contributed by atoms with Gasteiger partial charge in [0.05, 0.1) is 5.02 Å². The normalized spacial score (nSPS) is 11.9. The molecular weight excluding hydrogens is 234 g/mol. The van der Waals surface area contributed by atoms with Gasteiger partial charge in [-0.1, -0.05) is 35.9 Å². The van der Waals surface area contributed by atoms with Crippen LogP contribution in [0, 0.1) is 0 Å². The lowest BCUT2D eigenvalue weighted by Crippen LogP contribution is -2.00. The Morgan fingerprint density at radius 2 is 2.00 bits per heavy atom. The summed E-state index contributed by atoms with van der Waals surface area (Å²) in [7, 11) is 0.667. The molecular formula is C13H9BClO2. The molecule has 0 unspecified atom stereocenters. The molecule has 1 N–H and O–H groups in total. The lowest BCUT2D eigenvalue weighted by Gasteiger charge is -2.07. The van der Waals surface area contributed by atoms with Crippen molar-refractivity contribution in [2.75, 3.05) is 0 Å². The third-order valence-electron chi connectivity index (χ3n) is 3.00. The average Bonchev–Trinajstić information content (AvgIpc) is 2.67. The average molecular weight is 243 g/mol. The van der Waals surface area contributed by atoms with E-state index in [0.29, 0.717) is 18.5 Å². The smallest absolute Gasteiger partial charge is 0.537 e. The van der Waals surface area contributed by atoms with Crippen molar-refractivity contribution >= 4 is 19.3 Å². The van der Waals surface area contributed by atoms with E-state index in [4.69, 9.17) is 21.3 Å². The van der Waals surface area contributed by atoms with E-state index in [1.165, 1.54) is 11.1 Å². The third-order valence-corrected chi connectivity index (χ3v) is 3.30. The first-order chi connectivity index (χ1) is 8.29. The molecule has 2 aromatic carbocycles. The first-order valence-electron chi connectivity index (χ1n) is 5.33. The first kappa shape index (κ1) is 10.7. The van der Waals surface area contributed by atoms with Crippen LogP contribution in [0.1, 0.15) is 11.1 Å². The highest BCUT2D eigenvalue weighted by atomic mass is 35.5. The van der Waals surface area contributed by atoms with Crippen LogP contribution in [0.4, 0.5) is 0 Å². The molecule has 0 spiro atoms. The molecule has 0 saturated heterocycles. The largest absolute Gasteiger partial charge is 0.569 e. The Bertz CT molecular complexity index is 584. The van der Waals surface area contributed by atoms with E-state index < -0.39 is 0 Å². The van der Waals surface area contributed by atoms with Gasteiger partial charge in [0, 0.05) is 5.56 Å². The van der Waals surface area contributed by atoms with Crippen LogP contribution in [0.25, 0.3) is 11.1 Å². The van der Waals surface area contributed by atoms with E-state index in [9.17, 15) is 0 Å². The monoisotopic (exact) mass is 243 g/mol. The lowest BCUT2D eigenvalue weighted by atomic mass is 10.1. The summed E-state index contributed by atoms with van der Waals surface area (Å²) in [5.41, 5.74) is 4.67. The fraction of sp³-hybridized carbons (Fsp3) is 0.0769. The summed E-state index contributed by atoms with van der Waals surface area (Å²) in [4.78, 5) is 0. The highest BCUT2D eigenvalue weighted by Crippen LogP contribution is 2.42. The van der Waals surface area contributed by atoms with E-state index in [1.807, 2.05) is 18.2 Å². The van der Waals surface area contributed by atoms with Crippen molar-refractivity contribution in [1.29, 1.82) is 0 Å². The highest BCUT2D eigenvalue weighted by molar-refractivity contribution is 6.34. The molecule has 1 radical (unpaired) electrons. The van der Waals surface area contributed by atoms with Crippen molar-refractivity contribution in [2.45, 2.75) is 6.42 Å². The molecule has 0 heterocycles. The summed E-state index contributed by atoms with van der Waals surface area (Å²) in [6.07, 6.45) is 0.855. The second-order valence-electron chi connectivity index (χ2n) is 4.00. The molecule has 17 heavy (non-hydrogen) atoms. The van der Waals surface area contributed by atoms with Gasteiger partial charge in [-0.25, -0.2) is 0 Å². The molecule has 0 saturated carbocycles. The number of hydrogen-bond donors (Lipinski definition) is 1. The minimum atomic E-state index is 0.559. The predicted molar refractivity (Wildman–Crippen MR) is 68.3 cm³/mol. The molecule has 0 fully saturated rings. The Hall–Kier alpha value is -1.45. The highest BCUT2D eigenvalue weighted by Gasteiger charge is 2.21. The molecule has 0 amide bonds. The molecule has 0 bridgehead atoms. The summed E-state index contributed by atoms with van der Waals surface area (Å²) in [6, 6.07) is 11.8. The predicted octanol–water partition coefficient (Wildman–Crippen LogP) is 2.82. The van der Waals surface area contributed by atoms with E-state index in [1.54, 1.807) is 6.07 Å². The molecule has 0 aliphatic heterocycles. The molecule has 4 heteroatoms. The van der Waals surface area contributed by atoms with Gasteiger partial charge in [0.25, 0.3) is 0 Å². The Morgan fingerprint density at radius 1 is 1.18 bits per heavy atom. The quantitative estimate of drug-likeness (QED) is 0.701. The topological polar surface area (TPSA) is 29.5 Å². The van der Waals surface area contributed by atoms with Gasteiger partial charge >= 0.3 is 7.69 Å². The third kappa shape index (κ3) is 1.72. The molecule has 1 aliphatic rings. The van der Waals surface area contributed by atoms with Gasteiger partial charge in [0.15, 0.2) is 0 Å². The molecule has 2 aromatic rings. The summed E-state index contributed by atoms with van der Waals surface area (Å²) >= 11 is 6.26. The maximum Gasteiger partial charge on any atom is 0.569 e. The van der Waals surface area contributed by atoms with E-state index in [0.717, 1.165) is 17.5 Å². The van der Waals surface area contributed by atoms with Crippen LogP contribution >= 0.6 is 11.6 Å². The van der Waals surface area contributed by atoms with Crippen molar-refractivity contribution in [3.63, 3.8) is 0 Å². The minimum Gasteiger partial charge on any atom is -0.537 e. The van der Waals surface area contributed by atoms with Crippen LogP contribution in [-0.4, -0.2) is 12.7 Å². The zero-order valence-corrected chi connectivity index (χ0v) is 9.74.